The first-order valence-electron chi connectivity index (χ1n) is 18.4. The molecule has 8 nitrogen and oxygen atoms in total. The van der Waals surface area contributed by atoms with Crippen molar-refractivity contribution in [3.05, 3.63) is 188 Å². The Hall–Kier alpha value is -6.50. The second-order valence-electron chi connectivity index (χ2n) is 13.8. The molecule has 0 saturated carbocycles. The molecule has 0 radical (unpaired) electrons. The zero-order valence-electron chi connectivity index (χ0n) is 31.7. The quantitative estimate of drug-likeness (QED) is 0.132. The van der Waals surface area contributed by atoms with Gasteiger partial charge in [-0.1, -0.05) is 59.9 Å². The molecule has 0 spiro atoms. The number of carbonyl (C=O) groups is 2. The van der Waals surface area contributed by atoms with E-state index in [1.54, 1.807) is 84.7 Å². The third-order valence-corrected chi connectivity index (χ3v) is 12.4. The number of thioether (sulfide) groups is 2. The highest BCUT2D eigenvalue weighted by Gasteiger charge is 2.41. The highest BCUT2D eigenvalue weighted by molar-refractivity contribution is 8.05. The molecule has 2 fully saturated rings. The van der Waals surface area contributed by atoms with Crippen molar-refractivity contribution in [1.29, 1.82) is 0 Å². The van der Waals surface area contributed by atoms with Crippen LogP contribution in [0.25, 0.3) is 12.2 Å². The second-order valence-corrected chi connectivity index (χ2v) is 16.0. The van der Waals surface area contributed by atoms with Crippen molar-refractivity contribution >= 4 is 58.9 Å². The van der Waals surface area contributed by atoms with Crippen molar-refractivity contribution in [2.75, 3.05) is 24.0 Å². The SMILES string of the molecule is COc1ccc(Cc2ccc(OC)c(C3S/C(=C\c4ccc(F)cc4)C(=O)N3c3ccc(O)cc3)c2)cc1C1S/C(=C\c2ccc(F)cc2)C(=O)N1c1ccc(O)cc1. The van der Waals surface area contributed by atoms with Crippen LogP contribution < -0.4 is 19.3 Å². The van der Waals surface area contributed by atoms with Crippen LogP contribution in [0.15, 0.2) is 143 Å². The summed E-state index contributed by atoms with van der Waals surface area (Å²) in [6, 6.07) is 36.4. The van der Waals surface area contributed by atoms with Gasteiger partial charge >= 0.3 is 0 Å². The van der Waals surface area contributed by atoms with E-state index in [1.807, 2.05) is 36.4 Å². The maximum atomic E-state index is 14.1. The first kappa shape index (κ1) is 39.3. The predicted octanol–water partition coefficient (Wildman–Crippen LogP) is 10.6. The normalized spacial score (nSPS) is 18.0. The minimum atomic E-state index is -0.550. The molecule has 8 rings (SSSR count). The Morgan fingerprint density at radius 2 is 0.932 bits per heavy atom. The van der Waals surface area contributed by atoms with E-state index in [4.69, 9.17) is 9.47 Å². The Morgan fingerprint density at radius 3 is 1.29 bits per heavy atom. The number of benzene rings is 6. The summed E-state index contributed by atoms with van der Waals surface area (Å²) in [7, 11) is 3.16. The zero-order chi connectivity index (χ0) is 41.2. The molecule has 2 N–H and O–H groups in total. The molecule has 12 heteroatoms. The Labute approximate surface area is 348 Å². The summed E-state index contributed by atoms with van der Waals surface area (Å²) < 4.78 is 39.2. The van der Waals surface area contributed by atoms with Crippen molar-refractivity contribution in [1.82, 2.24) is 0 Å². The van der Waals surface area contributed by atoms with Gasteiger partial charge < -0.3 is 19.7 Å². The number of ether oxygens (including phenoxy) is 2. The van der Waals surface area contributed by atoms with Crippen LogP contribution >= 0.6 is 23.5 Å². The lowest BCUT2D eigenvalue weighted by Crippen LogP contribution is -2.27. The van der Waals surface area contributed by atoms with Crippen molar-refractivity contribution in [2.24, 2.45) is 0 Å². The highest BCUT2D eigenvalue weighted by Crippen LogP contribution is 2.52. The number of phenols is 2. The first-order valence-corrected chi connectivity index (χ1v) is 20.2. The molecule has 59 heavy (non-hydrogen) atoms. The predicted molar refractivity (Wildman–Crippen MR) is 229 cm³/mol. The fraction of sp³-hybridized carbons (Fsp3) is 0.106. The van der Waals surface area contributed by atoms with Gasteiger partial charge in [0.1, 0.15) is 45.4 Å². The number of methoxy groups -OCH3 is 2. The molecular weight excluding hydrogens is 791 g/mol. The minimum absolute atomic E-state index is 0.0665. The van der Waals surface area contributed by atoms with Crippen molar-refractivity contribution in [2.45, 2.75) is 17.2 Å². The number of rotatable bonds is 10. The largest absolute Gasteiger partial charge is 0.508 e. The van der Waals surface area contributed by atoms with Gasteiger partial charge in [-0.3, -0.25) is 19.4 Å². The molecule has 2 heterocycles. The van der Waals surface area contributed by atoms with Crippen LogP contribution in [0.2, 0.25) is 0 Å². The van der Waals surface area contributed by atoms with E-state index in [2.05, 4.69) is 0 Å². The second kappa shape index (κ2) is 16.8. The number of halogens is 2. The molecule has 2 unspecified atom stereocenters. The van der Waals surface area contributed by atoms with E-state index in [-0.39, 0.29) is 34.9 Å². The van der Waals surface area contributed by atoms with Gasteiger partial charge in [-0.2, -0.15) is 0 Å². The maximum Gasteiger partial charge on any atom is 0.266 e. The molecule has 6 aromatic rings. The van der Waals surface area contributed by atoms with Crippen LogP contribution in [0.4, 0.5) is 20.2 Å². The van der Waals surface area contributed by atoms with E-state index < -0.39 is 10.7 Å². The Balaban J connectivity index is 1.16. The summed E-state index contributed by atoms with van der Waals surface area (Å²) >= 11 is 2.70. The lowest BCUT2D eigenvalue weighted by atomic mass is 9.99. The summed E-state index contributed by atoms with van der Waals surface area (Å²) in [5.74, 6) is 0.0299. The fourth-order valence-electron chi connectivity index (χ4n) is 7.06. The van der Waals surface area contributed by atoms with Crippen LogP contribution in [0.1, 0.15) is 44.1 Å². The van der Waals surface area contributed by atoms with Gasteiger partial charge in [0.2, 0.25) is 0 Å². The lowest BCUT2D eigenvalue weighted by Gasteiger charge is -2.26. The van der Waals surface area contributed by atoms with Crippen molar-refractivity contribution in [3.8, 4) is 23.0 Å². The third-order valence-electron chi connectivity index (χ3n) is 9.93. The Bertz CT molecular complexity index is 2420. The maximum absolute atomic E-state index is 14.1. The average molecular weight is 827 g/mol. The third kappa shape index (κ3) is 8.27. The molecular formula is C47H36F2N2O6S2. The van der Waals surface area contributed by atoms with Gasteiger partial charge in [-0.25, -0.2) is 8.78 Å². The summed E-state index contributed by atoms with van der Waals surface area (Å²) in [5.41, 5.74) is 5.85. The molecule has 2 saturated heterocycles. The number of nitrogens with zero attached hydrogens (tertiary/aromatic N) is 2. The number of hydrogen-bond acceptors (Lipinski definition) is 8. The molecule has 2 aliphatic rings. The van der Waals surface area contributed by atoms with Gasteiger partial charge in [0.05, 0.1) is 24.0 Å². The van der Waals surface area contributed by atoms with Crippen molar-refractivity contribution < 1.29 is 38.1 Å². The summed E-state index contributed by atoms with van der Waals surface area (Å²) in [5, 5.41) is 19.0. The Kier molecular flexibility index (Phi) is 11.2. The molecule has 2 atom stereocenters. The van der Waals surface area contributed by atoms with Gasteiger partial charge in [-0.05, 0) is 138 Å². The number of phenolic OH excluding ortho intramolecular Hbond substituents is 2. The molecule has 0 bridgehead atoms. The van der Waals surface area contributed by atoms with Crippen LogP contribution in [0.3, 0.4) is 0 Å². The van der Waals surface area contributed by atoms with Crippen molar-refractivity contribution in [3.63, 3.8) is 0 Å². The molecule has 6 aromatic carbocycles. The molecule has 0 aliphatic carbocycles. The molecule has 2 aliphatic heterocycles. The zero-order valence-corrected chi connectivity index (χ0v) is 33.3. The van der Waals surface area contributed by atoms with Crippen LogP contribution in [-0.2, 0) is 16.0 Å². The first-order chi connectivity index (χ1) is 28.6. The van der Waals surface area contributed by atoms with Gasteiger partial charge in [0, 0.05) is 22.5 Å². The number of carbonyl (C=O) groups excluding carboxylic acids is 2. The summed E-state index contributed by atoms with van der Waals surface area (Å²) in [6.45, 7) is 0. The van der Waals surface area contributed by atoms with Crippen LogP contribution in [0.5, 0.6) is 23.0 Å². The molecule has 0 aromatic heterocycles. The van der Waals surface area contributed by atoms with E-state index in [0.29, 0.717) is 50.2 Å². The minimum Gasteiger partial charge on any atom is -0.508 e. The topological polar surface area (TPSA) is 99.5 Å². The molecule has 296 valence electrons. The summed E-state index contributed by atoms with van der Waals surface area (Å²) in [4.78, 5) is 32.5. The smallest absolute Gasteiger partial charge is 0.266 e. The lowest BCUT2D eigenvalue weighted by molar-refractivity contribution is -0.115. The number of anilines is 2. The van der Waals surface area contributed by atoms with Crippen LogP contribution in [-0.4, -0.2) is 36.2 Å². The Morgan fingerprint density at radius 1 is 0.559 bits per heavy atom. The van der Waals surface area contributed by atoms with E-state index in [0.717, 1.165) is 22.3 Å². The van der Waals surface area contributed by atoms with E-state index in [9.17, 15) is 28.6 Å². The van der Waals surface area contributed by atoms with Crippen LogP contribution in [0, 0.1) is 11.6 Å². The number of amides is 2. The van der Waals surface area contributed by atoms with Gasteiger partial charge in [0.15, 0.2) is 0 Å². The van der Waals surface area contributed by atoms with E-state index in [1.165, 1.54) is 72.1 Å². The standard InChI is InChI=1S/C47H36F2N2O6S2/c1-56-40-21-7-30(24-38(40)46-50(34-13-17-36(52)18-14-34)44(54)42(58-46)26-28-3-9-32(48)10-4-28)23-31-8-22-41(57-2)39(25-31)47-51(35-15-19-37(53)20-16-35)45(55)43(59-47)27-29-5-11-33(49)12-6-29/h3-22,24-27,46-47,52-53H,23H2,1-2H3/b42-26-,43-27-. The van der Waals surface area contributed by atoms with Gasteiger partial charge in [-0.15, -0.1) is 0 Å². The average Bonchev–Trinajstić information content (AvgIpc) is 3.74. The van der Waals surface area contributed by atoms with Gasteiger partial charge in [0.25, 0.3) is 11.8 Å². The summed E-state index contributed by atoms with van der Waals surface area (Å²) in [6.07, 6.45) is 3.95. The fourth-order valence-corrected chi connectivity index (χ4v) is 9.61. The number of hydrogen-bond donors (Lipinski definition) is 2. The van der Waals surface area contributed by atoms with E-state index >= 15 is 0 Å². The molecule has 2 amide bonds. The monoisotopic (exact) mass is 826 g/mol. The number of aromatic hydroxyl groups is 2. The highest BCUT2D eigenvalue weighted by atomic mass is 32.2.